The quantitative estimate of drug-likeness (QED) is 0.550. The highest BCUT2D eigenvalue weighted by atomic mass is 16.4. The van der Waals surface area contributed by atoms with Crippen LogP contribution in [0.5, 0.6) is 0 Å². The molecule has 0 unspecified atom stereocenters. The van der Waals surface area contributed by atoms with Gasteiger partial charge in [0, 0.05) is 12.1 Å². The molecule has 1 heterocycles. The number of hydrazine groups is 2. The first-order valence-electron chi connectivity index (χ1n) is 8.05. The predicted molar refractivity (Wildman–Crippen MR) is 88.8 cm³/mol. The van der Waals surface area contributed by atoms with E-state index in [9.17, 15) is 24.3 Å². The summed E-state index contributed by atoms with van der Waals surface area (Å²) < 4.78 is 0. The van der Waals surface area contributed by atoms with E-state index in [0.29, 0.717) is 13.0 Å². The second kappa shape index (κ2) is 8.81. The van der Waals surface area contributed by atoms with E-state index in [-0.39, 0.29) is 18.5 Å². The van der Waals surface area contributed by atoms with Crippen molar-refractivity contribution in [2.24, 2.45) is 0 Å². The zero-order valence-corrected chi connectivity index (χ0v) is 13.9. The lowest BCUT2D eigenvalue weighted by Gasteiger charge is -2.36. The number of carbonyl (C=O) groups is 4. The number of amides is 3. The third kappa shape index (κ3) is 4.93. The van der Waals surface area contributed by atoms with Gasteiger partial charge in [-0.25, -0.2) is 25.0 Å². The lowest BCUT2D eigenvalue weighted by molar-refractivity contribution is -0.145. The zero-order valence-electron chi connectivity index (χ0n) is 13.9. The monoisotopic (exact) mass is 364 g/mol. The highest BCUT2D eigenvalue weighted by Gasteiger charge is 2.35. The molecule has 4 N–H and O–H groups in total. The average molecular weight is 364 g/mol. The maximum Gasteiger partial charge on any atom is 0.353 e. The van der Waals surface area contributed by atoms with Crippen LogP contribution in [0.2, 0.25) is 0 Å². The molecule has 1 aromatic rings. The summed E-state index contributed by atoms with van der Waals surface area (Å²) in [5, 5.41) is 19.9. The lowest BCUT2D eigenvalue weighted by Crippen LogP contribution is -2.62. The number of carboxylic acid groups (broad SMARTS) is 2. The van der Waals surface area contributed by atoms with E-state index in [4.69, 9.17) is 5.11 Å². The van der Waals surface area contributed by atoms with Gasteiger partial charge >= 0.3 is 18.0 Å². The van der Waals surface area contributed by atoms with Crippen LogP contribution in [0.3, 0.4) is 0 Å². The minimum atomic E-state index is -1.18. The van der Waals surface area contributed by atoms with E-state index in [1.165, 1.54) is 12.1 Å². The predicted octanol–water partition coefficient (Wildman–Crippen LogP) is 0.282. The maximum absolute atomic E-state index is 12.7. The number of aliphatic carboxylic acids is 2. The maximum atomic E-state index is 12.7. The molecule has 3 amide bonds. The minimum Gasteiger partial charge on any atom is -0.481 e. The number of benzene rings is 1. The van der Waals surface area contributed by atoms with E-state index >= 15 is 0 Å². The SMILES string of the molecule is O=C(O)CCN(NC(=O)c1ccccc1)C(=O)N1NCCC[C@H]1C(=O)O. The molecule has 0 aliphatic carbocycles. The fourth-order valence-corrected chi connectivity index (χ4v) is 2.48. The van der Waals surface area contributed by atoms with Crippen molar-refractivity contribution in [2.75, 3.05) is 13.1 Å². The molecular formula is C16H20N4O6. The molecule has 1 aliphatic rings. The Bertz CT molecular complexity index is 681. The Balaban J connectivity index is 2.16. The van der Waals surface area contributed by atoms with Gasteiger partial charge in [0.15, 0.2) is 0 Å². The average Bonchev–Trinajstić information content (AvgIpc) is 2.64. The normalized spacial score (nSPS) is 16.6. The number of carboxylic acids is 2. The summed E-state index contributed by atoms with van der Waals surface area (Å²) in [4.78, 5) is 47.2. The van der Waals surface area contributed by atoms with Gasteiger partial charge < -0.3 is 10.2 Å². The van der Waals surface area contributed by atoms with Crippen LogP contribution in [0.15, 0.2) is 30.3 Å². The third-order valence-corrected chi connectivity index (χ3v) is 3.79. The van der Waals surface area contributed by atoms with Crippen molar-refractivity contribution in [3.63, 3.8) is 0 Å². The first kappa shape index (κ1) is 19.2. The van der Waals surface area contributed by atoms with Crippen molar-refractivity contribution >= 4 is 23.9 Å². The van der Waals surface area contributed by atoms with Gasteiger partial charge in [0.2, 0.25) is 0 Å². The smallest absolute Gasteiger partial charge is 0.353 e. The molecule has 0 radical (unpaired) electrons. The van der Waals surface area contributed by atoms with Crippen molar-refractivity contribution in [1.82, 2.24) is 20.9 Å². The molecular weight excluding hydrogens is 344 g/mol. The molecule has 10 nitrogen and oxygen atoms in total. The van der Waals surface area contributed by atoms with Crippen LogP contribution in [0.4, 0.5) is 4.79 Å². The van der Waals surface area contributed by atoms with Crippen LogP contribution >= 0.6 is 0 Å². The van der Waals surface area contributed by atoms with Crippen LogP contribution in [0, 0.1) is 0 Å². The van der Waals surface area contributed by atoms with Crippen molar-refractivity contribution in [1.29, 1.82) is 0 Å². The molecule has 0 saturated carbocycles. The minimum absolute atomic E-state index is 0.257. The number of nitrogens with one attached hydrogen (secondary N) is 2. The van der Waals surface area contributed by atoms with E-state index in [2.05, 4.69) is 10.9 Å². The second-order valence-corrected chi connectivity index (χ2v) is 5.66. The highest BCUT2D eigenvalue weighted by Crippen LogP contribution is 2.13. The summed E-state index contributed by atoms with van der Waals surface area (Å²) in [6.45, 7) is 0.0895. The summed E-state index contributed by atoms with van der Waals surface area (Å²) in [5.41, 5.74) is 5.33. The van der Waals surface area contributed by atoms with Gasteiger partial charge in [-0.3, -0.25) is 15.0 Å². The van der Waals surface area contributed by atoms with Crippen LogP contribution in [-0.2, 0) is 9.59 Å². The van der Waals surface area contributed by atoms with Gasteiger partial charge in [-0.2, -0.15) is 0 Å². The summed E-state index contributed by atoms with van der Waals surface area (Å²) >= 11 is 0. The first-order chi connectivity index (χ1) is 12.4. The molecule has 2 rings (SSSR count). The van der Waals surface area contributed by atoms with Gasteiger partial charge in [-0.15, -0.1) is 0 Å². The Labute approximate surface area is 149 Å². The first-order valence-corrected chi connectivity index (χ1v) is 8.05. The summed E-state index contributed by atoms with van der Waals surface area (Å²) in [5.74, 6) is -2.94. The Hall–Kier alpha value is -3.14. The molecule has 0 spiro atoms. The molecule has 140 valence electrons. The molecule has 1 fully saturated rings. The third-order valence-electron chi connectivity index (χ3n) is 3.79. The van der Waals surface area contributed by atoms with Crippen LogP contribution < -0.4 is 10.9 Å². The number of hydrogen-bond donors (Lipinski definition) is 4. The summed E-state index contributed by atoms with van der Waals surface area (Å²) in [7, 11) is 0. The number of urea groups is 1. The van der Waals surface area contributed by atoms with Gasteiger partial charge in [0.05, 0.1) is 13.0 Å². The lowest BCUT2D eigenvalue weighted by atomic mass is 10.1. The molecule has 0 aromatic heterocycles. The van der Waals surface area contributed by atoms with E-state index in [1.807, 2.05) is 0 Å². The Morgan fingerprint density at radius 1 is 1.19 bits per heavy atom. The number of carbonyl (C=O) groups excluding carboxylic acids is 2. The fourth-order valence-electron chi connectivity index (χ4n) is 2.48. The van der Waals surface area contributed by atoms with Gasteiger partial charge in [-0.1, -0.05) is 18.2 Å². The fraction of sp³-hybridized carbons (Fsp3) is 0.375. The summed E-state index contributed by atoms with van der Waals surface area (Å²) in [6, 6.07) is 6.15. The van der Waals surface area contributed by atoms with E-state index in [0.717, 1.165) is 10.0 Å². The topological polar surface area (TPSA) is 139 Å². The summed E-state index contributed by atoms with van der Waals surface area (Å²) in [6.07, 6.45) is 0.423. The molecule has 1 aromatic carbocycles. The van der Waals surface area contributed by atoms with E-state index < -0.39 is 36.3 Å². The molecule has 1 aliphatic heterocycles. The van der Waals surface area contributed by atoms with Crippen LogP contribution in [0.1, 0.15) is 29.6 Å². The molecule has 10 heteroatoms. The second-order valence-electron chi connectivity index (χ2n) is 5.66. The van der Waals surface area contributed by atoms with Gasteiger partial charge in [-0.05, 0) is 25.0 Å². The van der Waals surface area contributed by atoms with Gasteiger partial charge in [0.1, 0.15) is 6.04 Å². The number of rotatable bonds is 5. The molecule has 1 saturated heterocycles. The Kier molecular flexibility index (Phi) is 6.50. The standard InChI is InChI=1S/C16H20N4O6/c21-13(22)8-10-19(18-14(23)11-5-2-1-3-6-11)16(26)20-12(15(24)25)7-4-9-17-20/h1-3,5-6,12,17H,4,7-10H2,(H,18,23)(H,21,22)(H,24,25)/t12-/m0/s1. The van der Waals surface area contributed by atoms with Crippen LogP contribution in [-0.4, -0.2) is 63.2 Å². The van der Waals surface area contributed by atoms with Crippen LogP contribution in [0.25, 0.3) is 0 Å². The van der Waals surface area contributed by atoms with Crippen molar-refractivity contribution in [3.05, 3.63) is 35.9 Å². The molecule has 1 atom stereocenters. The van der Waals surface area contributed by atoms with Crippen molar-refractivity contribution < 1.29 is 29.4 Å². The molecule has 26 heavy (non-hydrogen) atoms. The Morgan fingerprint density at radius 2 is 1.88 bits per heavy atom. The largest absolute Gasteiger partial charge is 0.481 e. The Morgan fingerprint density at radius 3 is 2.50 bits per heavy atom. The van der Waals surface area contributed by atoms with Crippen molar-refractivity contribution in [2.45, 2.75) is 25.3 Å². The van der Waals surface area contributed by atoms with E-state index in [1.54, 1.807) is 18.2 Å². The van der Waals surface area contributed by atoms with Crippen molar-refractivity contribution in [3.8, 4) is 0 Å². The highest BCUT2D eigenvalue weighted by molar-refractivity contribution is 5.95. The number of nitrogens with zero attached hydrogens (tertiary/aromatic N) is 2. The number of hydrogen-bond acceptors (Lipinski definition) is 5. The van der Waals surface area contributed by atoms with Gasteiger partial charge in [0.25, 0.3) is 5.91 Å². The zero-order chi connectivity index (χ0) is 19.1. The molecule has 0 bridgehead atoms.